The maximum atomic E-state index is 13.2. The minimum absolute atomic E-state index is 0.106. The summed E-state index contributed by atoms with van der Waals surface area (Å²) in [5.74, 6) is 1.08. The number of hydrogen-bond acceptors (Lipinski definition) is 15. The third kappa shape index (κ3) is 79.1. The highest BCUT2D eigenvalue weighted by molar-refractivity contribution is 7.47. The SMILES string of the molecule is CCC(C)CCCCCCCCCCCCCCCCCCCCC(=O)O[C@H](COC(=O)CCCCCCCCCCCCCCCCCCCCC(C)C)COP(=O)(O)OC[C@@H](O)COP(=O)(O)OC[C@@H](COC(=O)CCCCCCCCC(C)CC)OC(=O)CCCCCCCCCCCCCC(C)C. The molecule has 0 saturated carbocycles. The second-order valence-corrected chi connectivity index (χ2v) is 36.0. The van der Waals surface area contributed by atoms with Gasteiger partial charge in [0.2, 0.25) is 0 Å². The summed E-state index contributed by atoms with van der Waals surface area (Å²) in [5.41, 5.74) is 0. The van der Waals surface area contributed by atoms with Crippen molar-refractivity contribution in [1.82, 2.24) is 0 Å². The van der Waals surface area contributed by atoms with Gasteiger partial charge in [0.15, 0.2) is 12.2 Å². The molecule has 0 aromatic carbocycles. The van der Waals surface area contributed by atoms with Gasteiger partial charge < -0.3 is 33.8 Å². The van der Waals surface area contributed by atoms with Crippen LogP contribution in [0.5, 0.6) is 0 Å². The summed E-state index contributed by atoms with van der Waals surface area (Å²) in [6, 6.07) is 0. The van der Waals surface area contributed by atoms with Gasteiger partial charge in [-0.25, -0.2) is 9.13 Å². The van der Waals surface area contributed by atoms with Crippen molar-refractivity contribution in [3.63, 3.8) is 0 Å². The van der Waals surface area contributed by atoms with Gasteiger partial charge in [-0.15, -0.1) is 0 Å². The number of ether oxygens (including phenoxy) is 4. The number of aliphatic hydroxyl groups is 1. The zero-order valence-corrected chi connectivity index (χ0v) is 72.6. The van der Waals surface area contributed by atoms with Gasteiger partial charge in [0.25, 0.3) is 0 Å². The average molecular weight is 1560 g/mol. The third-order valence-electron chi connectivity index (χ3n) is 21.3. The number of hydrogen-bond donors (Lipinski definition) is 3. The van der Waals surface area contributed by atoms with Crippen molar-refractivity contribution in [3.05, 3.63) is 0 Å². The molecule has 7 atom stereocenters. The van der Waals surface area contributed by atoms with Gasteiger partial charge in [-0.2, -0.15) is 0 Å². The van der Waals surface area contributed by atoms with Crippen molar-refractivity contribution in [2.24, 2.45) is 23.7 Å². The fourth-order valence-electron chi connectivity index (χ4n) is 13.6. The molecule has 0 bridgehead atoms. The predicted molar refractivity (Wildman–Crippen MR) is 441 cm³/mol. The molecule has 4 unspecified atom stereocenters. The molecular weight excluding hydrogens is 1390 g/mol. The fraction of sp³-hybridized carbons (Fsp3) is 0.955. The lowest BCUT2D eigenvalue weighted by Gasteiger charge is -2.21. The van der Waals surface area contributed by atoms with Crippen molar-refractivity contribution in [1.29, 1.82) is 0 Å². The molecule has 0 radical (unpaired) electrons. The van der Waals surface area contributed by atoms with Crippen LogP contribution in [0.3, 0.4) is 0 Å². The maximum absolute atomic E-state index is 13.2. The van der Waals surface area contributed by atoms with E-state index in [4.69, 9.17) is 37.0 Å². The Balaban J connectivity index is 5.22. The molecule has 0 spiro atoms. The molecule has 0 aliphatic heterocycles. The van der Waals surface area contributed by atoms with Gasteiger partial charge in [0.05, 0.1) is 26.4 Å². The Labute approximate surface area is 658 Å². The topological polar surface area (TPSA) is 237 Å². The van der Waals surface area contributed by atoms with E-state index in [0.717, 1.165) is 120 Å². The smallest absolute Gasteiger partial charge is 0.462 e. The van der Waals surface area contributed by atoms with Gasteiger partial charge in [-0.3, -0.25) is 37.3 Å². The lowest BCUT2D eigenvalue weighted by molar-refractivity contribution is -0.161. The number of phosphoric ester groups is 2. The summed E-state index contributed by atoms with van der Waals surface area (Å²) in [5, 5.41) is 10.7. The van der Waals surface area contributed by atoms with Crippen molar-refractivity contribution in [2.75, 3.05) is 39.6 Å². The normalized spacial score (nSPS) is 14.4. The van der Waals surface area contributed by atoms with E-state index < -0.39 is 97.5 Å². The third-order valence-corrected chi connectivity index (χ3v) is 23.2. The number of carbonyl (C=O) groups excluding carboxylic acids is 4. The van der Waals surface area contributed by atoms with Gasteiger partial charge in [0.1, 0.15) is 19.3 Å². The Hall–Kier alpha value is -1.94. The number of phosphoric acid groups is 2. The highest BCUT2D eigenvalue weighted by Crippen LogP contribution is 2.45. The molecule has 0 rings (SSSR count). The Bertz CT molecular complexity index is 2080. The Kier molecular flexibility index (Phi) is 75.3. The molecule has 0 aromatic rings. The van der Waals surface area contributed by atoms with Crippen molar-refractivity contribution >= 4 is 39.5 Å². The predicted octanol–water partition coefficient (Wildman–Crippen LogP) is 26.7. The van der Waals surface area contributed by atoms with E-state index in [9.17, 15) is 43.2 Å². The van der Waals surface area contributed by atoms with Crippen LogP contribution in [0.2, 0.25) is 0 Å². The number of esters is 4. The second kappa shape index (κ2) is 76.7. The van der Waals surface area contributed by atoms with Crippen LogP contribution in [0.25, 0.3) is 0 Å². The summed E-state index contributed by atoms with van der Waals surface area (Å²) in [4.78, 5) is 73.2. The van der Waals surface area contributed by atoms with Crippen molar-refractivity contribution < 1.29 is 80.2 Å². The van der Waals surface area contributed by atoms with Crippen molar-refractivity contribution in [2.45, 2.75) is 478 Å². The van der Waals surface area contributed by atoms with Gasteiger partial charge in [0, 0.05) is 25.7 Å². The molecule has 0 aliphatic rings. The number of aliphatic hydroxyl groups excluding tert-OH is 1. The molecule has 636 valence electrons. The zero-order valence-electron chi connectivity index (χ0n) is 70.8. The Morgan fingerprint density at radius 3 is 0.664 bits per heavy atom. The van der Waals surface area contributed by atoms with E-state index >= 15 is 0 Å². The summed E-state index contributed by atoms with van der Waals surface area (Å²) < 4.78 is 68.9. The molecule has 0 aromatic heterocycles. The van der Waals surface area contributed by atoms with Crippen LogP contribution in [-0.2, 0) is 65.4 Å². The Morgan fingerprint density at radius 1 is 0.262 bits per heavy atom. The van der Waals surface area contributed by atoms with Crippen LogP contribution in [0.15, 0.2) is 0 Å². The fourth-order valence-corrected chi connectivity index (χ4v) is 15.2. The molecule has 107 heavy (non-hydrogen) atoms. The first-order valence-electron chi connectivity index (χ1n) is 45.3. The lowest BCUT2D eigenvalue weighted by atomic mass is 9.99. The monoisotopic (exact) mass is 1560 g/mol. The van der Waals surface area contributed by atoms with Gasteiger partial charge >= 0.3 is 39.5 Å². The zero-order chi connectivity index (χ0) is 78.8. The Morgan fingerprint density at radius 2 is 0.449 bits per heavy atom. The van der Waals surface area contributed by atoms with Gasteiger partial charge in [-0.1, -0.05) is 409 Å². The van der Waals surface area contributed by atoms with Crippen LogP contribution in [0.4, 0.5) is 0 Å². The standard InChI is InChI=1S/C88H172O17P2/c1-9-80(7)66-58-50-42-36-30-24-20-16-12-14-18-22-26-32-38-44-54-62-70-87(92)104-83(74-98-85(90)68-60-52-43-37-31-25-21-17-13-11-15-19-23-28-34-40-48-56-64-78(3)4)76-102-106(94,95)100-72-82(89)73-101-107(96,97)103-77-84(75-99-86(91)69-61-53-47-46-51-59-67-81(8)10-2)105-88(93)71-63-55-45-39-33-27-29-35-41-49-57-65-79(5)6/h78-84,89H,9-77H2,1-8H3,(H,94,95)(H,96,97)/t80?,81?,82-,83-,84-/m1/s1. The summed E-state index contributed by atoms with van der Waals surface area (Å²) in [6.07, 6.45) is 66.8. The number of carbonyl (C=O) groups is 4. The van der Waals surface area contributed by atoms with Crippen LogP contribution in [0.1, 0.15) is 460 Å². The van der Waals surface area contributed by atoms with E-state index in [1.807, 2.05) is 0 Å². The minimum Gasteiger partial charge on any atom is -0.462 e. The van der Waals surface area contributed by atoms with Gasteiger partial charge in [-0.05, 0) is 49.4 Å². The van der Waals surface area contributed by atoms with E-state index in [-0.39, 0.29) is 25.7 Å². The van der Waals surface area contributed by atoms with E-state index in [1.165, 1.54) is 257 Å². The van der Waals surface area contributed by atoms with Crippen LogP contribution < -0.4 is 0 Å². The molecule has 0 amide bonds. The maximum Gasteiger partial charge on any atom is 0.472 e. The summed E-state index contributed by atoms with van der Waals surface area (Å²) >= 11 is 0. The van der Waals surface area contributed by atoms with Crippen molar-refractivity contribution in [3.8, 4) is 0 Å². The summed E-state index contributed by atoms with van der Waals surface area (Å²) in [7, 11) is -9.93. The number of unbranched alkanes of at least 4 members (excludes halogenated alkanes) is 49. The molecule has 0 heterocycles. The average Bonchev–Trinajstić information content (AvgIpc) is 0.901. The minimum atomic E-state index is -4.97. The molecule has 0 saturated heterocycles. The first kappa shape index (κ1) is 105. The lowest BCUT2D eigenvalue weighted by Crippen LogP contribution is -2.30. The second-order valence-electron chi connectivity index (χ2n) is 33.1. The molecule has 3 N–H and O–H groups in total. The van der Waals surface area contributed by atoms with E-state index in [0.29, 0.717) is 25.7 Å². The van der Waals surface area contributed by atoms with Crippen LogP contribution >= 0.6 is 15.6 Å². The molecule has 0 aliphatic carbocycles. The highest BCUT2D eigenvalue weighted by atomic mass is 31.2. The first-order valence-corrected chi connectivity index (χ1v) is 48.3. The highest BCUT2D eigenvalue weighted by Gasteiger charge is 2.31. The van der Waals surface area contributed by atoms with Crippen LogP contribution in [-0.4, -0.2) is 96.7 Å². The molecule has 17 nitrogen and oxygen atoms in total. The van der Waals surface area contributed by atoms with E-state index in [1.54, 1.807) is 0 Å². The van der Waals surface area contributed by atoms with Crippen LogP contribution in [0, 0.1) is 23.7 Å². The molecule has 19 heteroatoms. The molecular formula is C88H172O17P2. The van der Waals surface area contributed by atoms with E-state index in [2.05, 4.69) is 55.4 Å². The quantitative estimate of drug-likeness (QED) is 0.0222. The number of rotatable bonds is 85. The first-order chi connectivity index (χ1) is 51.7. The molecule has 0 fully saturated rings. The largest absolute Gasteiger partial charge is 0.472 e. The summed E-state index contributed by atoms with van der Waals surface area (Å²) in [6.45, 7) is 14.4.